The van der Waals surface area contributed by atoms with Crippen molar-refractivity contribution < 1.29 is 17.8 Å². The molecule has 7 heteroatoms. The molecular weight excluding hydrogens is 242 g/mol. The number of amides is 1. The number of nitrogens with one attached hydrogen (secondary N) is 1. The molecule has 2 rings (SSSR count). The van der Waals surface area contributed by atoms with Crippen molar-refractivity contribution >= 4 is 28.4 Å². The lowest BCUT2D eigenvalue weighted by molar-refractivity contribution is 0.0965. The fourth-order valence-corrected chi connectivity index (χ4v) is 1.90. The number of fused-ring (bicyclic) bond motifs is 1. The summed E-state index contributed by atoms with van der Waals surface area (Å²) in [5, 5.41) is 2.55. The van der Waals surface area contributed by atoms with Gasteiger partial charge in [0.25, 0.3) is 16.0 Å². The van der Waals surface area contributed by atoms with E-state index in [1.165, 1.54) is 18.2 Å². The van der Waals surface area contributed by atoms with Crippen molar-refractivity contribution in [1.29, 1.82) is 0 Å². The van der Waals surface area contributed by atoms with Gasteiger partial charge in [0.1, 0.15) is 0 Å². The Labute approximate surface area is 92.6 Å². The molecule has 1 aliphatic rings. The summed E-state index contributed by atoms with van der Waals surface area (Å²) in [5.74, 6) is -0.220. The standard InChI is InChI=1S/C8H7NO4S.ClH/c10-8-7-2-1-6(14(11,12)13)3-5(7)4-9-8;/h1-3H,4H2,(H,9,10)(H,11,12,13);1H. The van der Waals surface area contributed by atoms with Crippen molar-refractivity contribution in [3.63, 3.8) is 0 Å². The van der Waals surface area contributed by atoms with Gasteiger partial charge in [-0.25, -0.2) is 0 Å². The first kappa shape index (κ1) is 12.0. The second kappa shape index (κ2) is 3.80. The fourth-order valence-electron chi connectivity index (χ4n) is 1.37. The van der Waals surface area contributed by atoms with E-state index in [9.17, 15) is 13.2 Å². The third kappa shape index (κ3) is 2.11. The summed E-state index contributed by atoms with van der Waals surface area (Å²) in [6.45, 7) is 0.303. The zero-order valence-electron chi connectivity index (χ0n) is 7.43. The van der Waals surface area contributed by atoms with Crippen molar-refractivity contribution in [3.05, 3.63) is 29.3 Å². The van der Waals surface area contributed by atoms with E-state index >= 15 is 0 Å². The number of benzene rings is 1. The summed E-state index contributed by atoms with van der Waals surface area (Å²) in [5.41, 5.74) is 1.04. The molecule has 82 valence electrons. The highest BCUT2D eigenvalue weighted by molar-refractivity contribution is 7.85. The molecule has 1 aromatic rings. The molecule has 1 aromatic carbocycles. The third-order valence-corrected chi connectivity index (χ3v) is 2.91. The average molecular weight is 250 g/mol. The lowest BCUT2D eigenvalue weighted by Crippen LogP contribution is -2.12. The molecule has 0 spiro atoms. The lowest BCUT2D eigenvalue weighted by atomic mass is 10.1. The number of hydrogen-bond acceptors (Lipinski definition) is 3. The molecule has 0 fully saturated rings. The smallest absolute Gasteiger partial charge is 0.294 e. The van der Waals surface area contributed by atoms with Crippen LogP contribution in [0.15, 0.2) is 23.1 Å². The topological polar surface area (TPSA) is 83.5 Å². The predicted molar refractivity (Wildman–Crippen MR) is 54.7 cm³/mol. The molecule has 0 saturated carbocycles. The largest absolute Gasteiger partial charge is 0.348 e. The first-order valence-electron chi connectivity index (χ1n) is 3.87. The van der Waals surface area contributed by atoms with Crippen molar-refractivity contribution in [1.82, 2.24) is 5.32 Å². The van der Waals surface area contributed by atoms with Gasteiger partial charge in [-0.1, -0.05) is 0 Å². The Morgan fingerprint density at radius 1 is 1.33 bits per heavy atom. The zero-order chi connectivity index (χ0) is 10.3. The summed E-state index contributed by atoms with van der Waals surface area (Å²) in [6, 6.07) is 3.89. The number of hydrogen-bond donors (Lipinski definition) is 2. The Balaban J connectivity index is 0.00000112. The summed E-state index contributed by atoms with van der Waals surface area (Å²) in [4.78, 5) is 10.9. The van der Waals surface area contributed by atoms with Gasteiger partial charge in [0.2, 0.25) is 0 Å². The molecule has 2 N–H and O–H groups in total. The highest BCUT2D eigenvalue weighted by Gasteiger charge is 2.21. The fraction of sp³-hybridized carbons (Fsp3) is 0.125. The second-order valence-electron chi connectivity index (χ2n) is 2.98. The lowest BCUT2D eigenvalue weighted by Gasteiger charge is -1.99. The van der Waals surface area contributed by atoms with E-state index in [1.54, 1.807) is 0 Å². The number of carbonyl (C=O) groups is 1. The summed E-state index contributed by atoms with van der Waals surface area (Å²) < 4.78 is 30.3. The third-order valence-electron chi connectivity index (χ3n) is 2.06. The maximum atomic E-state index is 11.1. The van der Waals surface area contributed by atoms with Crippen molar-refractivity contribution in [2.24, 2.45) is 0 Å². The van der Waals surface area contributed by atoms with Crippen molar-refractivity contribution in [2.45, 2.75) is 11.4 Å². The molecule has 0 aromatic heterocycles. The van der Waals surface area contributed by atoms with Gasteiger partial charge in [0.05, 0.1) is 4.90 Å². The van der Waals surface area contributed by atoms with Gasteiger partial charge in [0, 0.05) is 12.1 Å². The molecule has 0 radical (unpaired) electrons. The molecule has 5 nitrogen and oxygen atoms in total. The number of halogens is 1. The van der Waals surface area contributed by atoms with E-state index in [4.69, 9.17) is 4.55 Å². The molecule has 1 heterocycles. The van der Waals surface area contributed by atoms with E-state index in [-0.39, 0.29) is 23.2 Å². The van der Waals surface area contributed by atoms with Gasteiger partial charge >= 0.3 is 0 Å². The monoisotopic (exact) mass is 249 g/mol. The maximum Gasteiger partial charge on any atom is 0.294 e. The SMILES string of the molecule is Cl.O=C1NCc2cc(S(=O)(=O)O)ccc21. The van der Waals surface area contributed by atoms with Crippen molar-refractivity contribution in [2.75, 3.05) is 0 Å². The van der Waals surface area contributed by atoms with Crippen LogP contribution in [0, 0.1) is 0 Å². The summed E-state index contributed by atoms with van der Waals surface area (Å²) >= 11 is 0. The van der Waals surface area contributed by atoms with Gasteiger partial charge in [-0.15, -0.1) is 12.4 Å². The van der Waals surface area contributed by atoms with Crippen LogP contribution < -0.4 is 5.32 Å². The molecule has 1 amide bonds. The van der Waals surface area contributed by atoms with Crippen LogP contribution in [0.5, 0.6) is 0 Å². The van der Waals surface area contributed by atoms with E-state index in [1.807, 2.05) is 0 Å². The first-order chi connectivity index (χ1) is 6.48. The highest BCUT2D eigenvalue weighted by atomic mass is 35.5. The van der Waals surface area contributed by atoms with E-state index in [0.717, 1.165) is 0 Å². The van der Waals surface area contributed by atoms with Crippen LogP contribution in [0.3, 0.4) is 0 Å². The highest BCUT2D eigenvalue weighted by Crippen LogP contribution is 2.19. The van der Waals surface area contributed by atoms with Gasteiger partial charge in [-0.2, -0.15) is 8.42 Å². The van der Waals surface area contributed by atoms with Gasteiger partial charge < -0.3 is 5.32 Å². The molecule has 15 heavy (non-hydrogen) atoms. The molecular formula is C8H8ClNO4S. The Hall–Kier alpha value is -1.11. The van der Waals surface area contributed by atoms with Crippen LogP contribution >= 0.6 is 12.4 Å². The van der Waals surface area contributed by atoms with Crippen molar-refractivity contribution in [3.8, 4) is 0 Å². The number of carbonyl (C=O) groups excluding carboxylic acids is 1. The predicted octanol–water partition coefficient (Wildman–Crippen LogP) is 0.599. The Kier molecular flexibility index (Phi) is 3.03. The number of rotatable bonds is 1. The molecule has 0 aliphatic carbocycles. The molecule has 0 unspecified atom stereocenters. The van der Waals surface area contributed by atoms with Gasteiger partial charge in [0.15, 0.2) is 0 Å². The maximum absolute atomic E-state index is 11.1. The van der Waals surface area contributed by atoms with Crippen LogP contribution in [0.2, 0.25) is 0 Å². The minimum atomic E-state index is -4.18. The van der Waals surface area contributed by atoms with Crippen LogP contribution in [-0.2, 0) is 16.7 Å². The Morgan fingerprint density at radius 3 is 2.60 bits per heavy atom. The van der Waals surface area contributed by atoms with E-state index in [2.05, 4.69) is 5.32 Å². The van der Waals surface area contributed by atoms with E-state index < -0.39 is 10.1 Å². The van der Waals surface area contributed by atoms with Crippen LogP contribution in [0.25, 0.3) is 0 Å². The van der Waals surface area contributed by atoms with Crippen LogP contribution in [0.1, 0.15) is 15.9 Å². The average Bonchev–Trinajstić information content (AvgIpc) is 2.46. The summed E-state index contributed by atoms with van der Waals surface area (Å²) in [6.07, 6.45) is 0. The molecule has 0 saturated heterocycles. The van der Waals surface area contributed by atoms with Crippen LogP contribution in [0.4, 0.5) is 0 Å². The van der Waals surface area contributed by atoms with Crippen LogP contribution in [-0.4, -0.2) is 18.9 Å². The normalized spacial score (nSPS) is 14.1. The Bertz CT molecular complexity index is 511. The Morgan fingerprint density at radius 2 is 2.00 bits per heavy atom. The zero-order valence-corrected chi connectivity index (χ0v) is 9.06. The van der Waals surface area contributed by atoms with Gasteiger partial charge in [-0.05, 0) is 23.8 Å². The second-order valence-corrected chi connectivity index (χ2v) is 4.40. The summed E-state index contributed by atoms with van der Waals surface area (Å²) in [7, 11) is -4.18. The minimum Gasteiger partial charge on any atom is -0.348 e. The molecule has 0 bridgehead atoms. The molecule has 1 aliphatic heterocycles. The minimum absolute atomic E-state index is 0. The van der Waals surface area contributed by atoms with Gasteiger partial charge in [-0.3, -0.25) is 9.35 Å². The first-order valence-corrected chi connectivity index (χ1v) is 5.31. The molecule has 0 atom stereocenters. The quantitative estimate of drug-likeness (QED) is 0.714. The van der Waals surface area contributed by atoms with E-state index in [0.29, 0.717) is 17.7 Å².